The molecule has 1 fully saturated rings. The van der Waals surface area contributed by atoms with E-state index in [9.17, 15) is 4.79 Å². The molecule has 0 radical (unpaired) electrons. The third-order valence-corrected chi connectivity index (χ3v) is 4.03. The van der Waals surface area contributed by atoms with Crippen LogP contribution >= 0.6 is 11.8 Å². The van der Waals surface area contributed by atoms with Crippen LogP contribution in [-0.4, -0.2) is 30.0 Å². The van der Waals surface area contributed by atoms with Gasteiger partial charge >= 0.3 is 0 Å². The molecule has 0 spiro atoms. The molecular formula is C13H18N2OS. The van der Waals surface area contributed by atoms with Crippen LogP contribution in [0.25, 0.3) is 0 Å². The Morgan fingerprint density at radius 3 is 2.71 bits per heavy atom. The molecule has 92 valence electrons. The minimum atomic E-state index is -0.0623. The first-order chi connectivity index (χ1) is 8.18. The average molecular weight is 250 g/mol. The van der Waals surface area contributed by atoms with Crippen molar-refractivity contribution in [2.75, 3.05) is 23.4 Å². The van der Waals surface area contributed by atoms with E-state index in [0.717, 1.165) is 34.9 Å². The van der Waals surface area contributed by atoms with E-state index in [1.165, 1.54) is 0 Å². The van der Waals surface area contributed by atoms with Crippen molar-refractivity contribution in [3.05, 3.63) is 29.3 Å². The van der Waals surface area contributed by atoms with Crippen LogP contribution < -0.4 is 10.6 Å². The Morgan fingerprint density at radius 1 is 1.41 bits per heavy atom. The molecule has 1 amide bonds. The molecule has 1 heterocycles. The fourth-order valence-corrected chi connectivity index (χ4v) is 2.89. The Bertz CT molecular complexity index is 394. The fourth-order valence-electron chi connectivity index (χ4n) is 1.96. The fraction of sp³-hybridized carbons (Fsp3) is 0.462. The van der Waals surface area contributed by atoms with Gasteiger partial charge in [0, 0.05) is 23.7 Å². The Labute approximate surface area is 106 Å². The molecule has 3 nitrogen and oxygen atoms in total. The normalized spacial score (nSPS) is 20.0. The number of benzene rings is 1. The third kappa shape index (κ3) is 3.01. The summed E-state index contributed by atoms with van der Waals surface area (Å²) in [4.78, 5) is 12.1. The highest BCUT2D eigenvalue weighted by Gasteiger charge is 2.21. The highest BCUT2D eigenvalue weighted by molar-refractivity contribution is 7.99. The van der Waals surface area contributed by atoms with E-state index in [1.807, 2.05) is 43.8 Å². The Hall–Kier alpha value is -1.000. The van der Waals surface area contributed by atoms with Gasteiger partial charge in [0.1, 0.15) is 0 Å². The van der Waals surface area contributed by atoms with Gasteiger partial charge in [0.25, 0.3) is 0 Å². The number of aryl methyl sites for hydroxylation is 2. The summed E-state index contributed by atoms with van der Waals surface area (Å²) in [7, 11) is 0. The molecule has 1 saturated heterocycles. The lowest BCUT2D eigenvalue weighted by atomic mass is 10.1. The quantitative estimate of drug-likeness (QED) is 0.843. The number of hydrogen-bond acceptors (Lipinski definition) is 3. The van der Waals surface area contributed by atoms with Crippen molar-refractivity contribution >= 4 is 23.4 Å². The van der Waals surface area contributed by atoms with Gasteiger partial charge in [0.15, 0.2) is 0 Å². The SMILES string of the molecule is Cc1cccc(C)c1NC(=O)C1CSCCN1. The molecule has 1 aromatic carbocycles. The number of thioether (sulfide) groups is 1. The van der Waals surface area contributed by atoms with Crippen LogP contribution in [0.15, 0.2) is 18.2 Å². The summed E-state index contributed by atoms with van der Waals surface area (Å²) in [5.74, 6) is 2.03. The molecular weight excluding hydrogens is 232 g/mol. The van der Waals surface area contributed by atoms with Crippen LogP contribution in [0.1, 0.15) is 11.1 Å². The smallest absolute Gasteiger partial charge is 0.242 e. The zero-order valence-electron chi connectivity index (χ0n) is 10.2. The molecule has 4 heteroatoms. The zero-order chi connectivity index (χ0) is 12.3. The number of carbonyl (C=O) groups is 1. The lowest BCUT2D eigenvalue weighted by Crippen LogP contribution is -2.46. The van der Waals surface area contributed by atoms with Crippen molar-refractivity contribution in [3.63, 3.8) is 0 Å². The van der Waals surface area contributed by atoms with E-state index in [0.29, 0.717) is 0 Å². The second kappa shape index (κ2) is 5.56. The van der Waals surface area contributed by atoms with Crippen LogP contribution in [0.2, 0.25) is 0 Å². The number of nitrogens with one attached hydrogen (secondary N) is 2. The van der Waals surface area contributed by atoms with Gasteiger partial charge in [-0.1, -0.05) is 18.2 Å². The van der Waals surface area contributed by atoms with E-state index in [1.54, 1.807) is 0 Å². The number of amides is 1. The summed E-state index contributed by atoms with van der Waals surface area (Å²) < 4.78 is 0. The molecule has 0 aliphatic carbocycles. The van der Waals surface area contributed by atoms with Crippen LogP contribution in [0.5, 0.6) is 0 Å². The maximum Gasteiger partial charge on any atom is 0.242 e. The maximum absolute atomic E-state index is 12.1. The molecule has 2 N–H and O–H groups in total. The molecule has 2 rings (SSSR count). The second-order valence-corrected chi connectivity index (χ2v) is 5.49. The Balaban J connectivity index is 2.07. The van der Waals surface area contributed by atoms with E-state index >= 15 is 0 Å². The lowest BCUT2D eigenvalue weighted by Gasteiger charge is -2.23. The van der Waals surface area contributed by atoms with Crippen LogP contribution in [0.4, 0.5) is 5.69 Å². The molecule has 1 unspecified atom stereocenters. The molecule has 0 saturated carbocycles. The Kier molecular flexibility index (Phi) is 4.07. The van der Waals surface area contributed by atoms with Crippen molar-refractivity contribution in [1.82, 2.24) is 5.32 Å². The van der Waals surface area contributed by atoms with Gasteiger partial charge in [-0.2, -0.15) is 11.8 Å². The van der Waals surface area contributed by atoms with Crippen LogP contribution in [-0.2, 0) is 4.79 Å². The zero-order valence-corrected chi connectivity index (χ0v) is 11.1. The number of anilines is 1. The predicted octanol–water partition coefficient (Wildman–Crippen LogP) is 1.95. The summed E-state index contributed by atoms with van der Waals surface area (Å²) >= 11 is 1.83. The van der Waals surface area contributed by atoms with Gasteiger partial charge < -0.3 is 10.6 Å². The molecule has 1 aliphatic rings. The van der Waals surface area contributed by atoms with Gasteiger partial charge in [-0.25, -0.2) is 0 Å². The lowest BCUT2D eigenvalue weighted by molar-refractivity contribution is -0.117. The first kappa shape index (κ1) is 12.5. The van der Waals surface area contributed by atoms with Crippen molar-refractivity contribution in [1.29, 1.82) is 0 Å². The summed E-state index contributed by atoms with van der Waals surface area (Å²) in [6.07, 6.45) is 0. The summed E-state index contributed by atoms with van der Waals surface area (Å²) in [6, 6.07) is 5.99. The van der Waals surface area contributed by atoms with E-state index in [4.69, 9.17) is 0 Å². The monoisotopic (exact) mass is 250 g/mol. The largest absolute Gasteiger partial charge is 0.324 e. The second-order valence-electron chi connectivity index (χ2n) is 4.34. The summed E-state index contributed by atoms with van der Waals surface area (Å²) in [6.45, 7) is 4.95. The van der Waals surface area contributed by atoms with E-state index in [-0.39, 0.29) is 11.9 Å². The first-order valence-corrected chi connectivity index (χ1v) is 7.02. The molecule has 1 aliphatic heterocycles. The van der Waals surface area contributed by atoms with Gasteiger partial charge in [-0.15, -0.1) is 0 Å². The van der Waals surface area contributed by atoms with Gasteiger partial charge in [-0.05, 0) is 25.0 Å². The van der Waals surface area contributed by atoms with Gasteiger partial charge in [0.05, 0.1) is 6.04 Å². The average Bonchev–Trinajstić information content (AvgIpc) is 2.35. The third-order valence-electron chi connectivity index (χ3n) is 2.97. The van der Waals surface area contributed by atoms with Crippen LogP contribution in [0, 0.1) is 13.8 Å². The van der Waals surface area contributed by atoms with Crippen molar-refractivity contribution in [2.45, 2.75) is 19.9 Å². The number of rotatable bonds is 2. The first-order valence-electron chi connectivity index (χ1n) is 5.86. The number of hydrogen-bond donors (Lipinski definition) is 2. The Morgan fingerprint density at radius 2 is 2.12 bits per heavy atom. The van der Waals surface area contributed by atoms with Crippen molar-refractivity contribution in [3.8, 4) is 0 Å². The predicted molar refractivity (Wildman–Crippen MR) is 73.7 cm³/mol. The summed E-state index contributed by atoms with van der Waals surface area (Å²) in [5.41, 5.74) is 3.18. The van der Waals surface area contributed by atoms with Gasteiger partial charge in [0.2, 0.25) is 5.91 Å². The number of para-hydroxylation sites is 1. The molecule has 0 bridgehead atoms. The van der Waals surface area contributed by atoms with Crippen molar-refractivity contribution < 1.29 is 4.79 Å². The minimum absolute atomic E-state index is 0.0623. The maximum atomic E-state index is 12.1. The van der Waals surface area contributed by atoms with E-state index < -0.39 is 0 Å². The van der Waals surface area contributed by atoms with Crippen molar-refractivity contribution in [2.24, 2.45) is 0 Å². The topological polar surface area (TPSA) is 41.1 Å². The molecule has 17 heavy (non-hydrogen) atoms. The standard InChI is InChI=1S/C13H18N2OS/c1-9-4-3-5-10(2)12(9)15-13(16)11-8-17-7-6-14-11/h3-5,11,14H,6-8H2,1-2H3,(H,15,16). The van der Waals surface area contributed by atoms with Crippen LogP contribution in [0.3, 0.4) is 0 Å². The molecule has 1 atom stereocenters. The van der Waals surface area contributed by atoms with E-state index in [2.05, 4.69) is 10.6 Å². The van der Waals surface area contributed by atoms with Gasteiger partial charge in [-0.3, -0.25) is 4.79 Å². The highest BCUT2D eigenvalue weighted by Crippen LogP contribution is 2.20. The molecule has 1 aromatic rings. The molecule has 0 aromatic heterocycles. The minimum Gasteiger partial charge on any atom is -0.324 e. The number of carbonyl (C=O) groups excluding carboxylic acids is 1. The highest BCUT2D eigenvalue weighted by atomic mass is 32.2. The summed E-state index contributed by atoms with van der Waals surface area (Å²) in [5, 5.41) is 6.28.